The summed E-state index contributed by atoms with van der Waals surface area (Å²) in [5, 5.41) is 8.14. The van der Waals surface area contributed by atoms with E-state index in [2.05, 4.69) is 22.2 Å². The fraction of sp³-hybridized carbons (Fsp3) is 0.733. The Balaban J connectivity index is 1.83. The molecule has 0 bridgehead atoms. The number of rotatable bonds is 4. The molecule has 6 heteroatoms. The van der Waals surface area contributed by atoms with E-state index < -0.39 is 0 Å². The number of likely N-dealkylation sites (N-methyl/N-ethyl adjacent to an activating group) is 1. The lowest BCUT2D eigenvalue weighted by molar-refractivity contribution is -0.127. The standard InChI is InChI=1S/C15H25N5O/c1-11-13(9-16-12-5-6-12)15(19(3)17-11)20-8-4-7-18(2)14(21)10-20/h12,16H,4-10H2,1-3H3. The van der Waals surface area contributed by atoms with Crippen molar-refractivity contribution in [1.82, 2.24) is 20.0 Å². The van der Waals surface area contributed by atoms with Crippen molar-refractivity contribution < 1.29 is 4.79 Å². The summed E-state index contributed by atoms with van der Waals surface area (Å²) in [5.41, 5.74) is 2.30. The molecule has 1 saturated heterocycles. The van der Waals surface area contributed by atoms with Gasteiger partial charge in [0, 0.05) is 45.3 Å². The first-order chi connectivity index (χ1) is 10.1. The zero-order valence-electron chi connectivity index (χ0n) is 13.2. The van der Waals surface area contributed by atoms with Gasteiger partial charge in [-0.25, -0.2) is 0 Å². The van der Waals surface area contributed by atoms with Gasteiger partial charge < -0.3 is 15.1 Å². The highest BCUT2D eigenvalue weighted by atomic mass is 16.2. The van der Waals surface area contributed by atoms with Gasteiger partial charge in [-0.3, -0.25) is 9.48 Å². The molecule has 2 aliphatic rings. The van der Waals surface area contributed by atoms with Crippen molar-refractivity contribution in [2.45, 2.75) is 38.8 Å². The number of carbonyl (C=O) groups excluding carboxylic acids is 1. The molecule has 0 spiro atoms. The Bertz CT molecular complexity index is 534. The second-order valence-corrected chi connectivity index (χ2v) is 6.26. The minimum Gasteiger partial charge on any atom is -0.347 e. The Morgan fingerprint density at radius 3 is 2.76 bits per heavy atom. The molecule has 116 valence electrons. The van der Waals surface area contributed by atoms with Crippen molar-refractivity contribution in [3.63, 3.8) is 0 Å². The van der Waals surface area contributed by atoms with Crippen LogP contribution in [0.25, 0.3) is 0 Å². The lowest BCUT2D eigenvalue weighted by atomic mass is 10.2. The van der Waals surface area contributed by atoms with Crippen molar-refractivity contribution in [2.75, 3.05) is 31.6 Å². The van der Waals surface area contributed by atoms with Crippen molar-refractivity contribution in [2.24, 2.45) is 7.05 Å². The molecule has 1 aliphatic carbocycles. The van der Waals surface area contributed by atoms with E-state index in [1.165, 1.54) is 18.4 Å². The number of hydrogen-bond donors (Lipinski definition) is 1. The fourth-order valence-electron chi connectivity index (χ4n) is 2.99. The quantitative estimate of drug-likeness (QED) is 0.885. The van der Waals surface area contributed by atoms with Crippen molar-refractivity contribution in [3.05, 3.63) is 11.3 Å². The first-order valence-corrected chi connectivity index (χ1v) is 7.81. The molecular weight excluding hydrogens is 266 g/mol. The summed E-state index contributed by atoms with van der Waals surface area (Å²) in [6.07, 6.45) is 3.56. The Labute approximate surface area is 126 Å². The lowest BCUT2D eigenvalue weighted by Gasteiger charge is -2.23. The van der Waals surface area contributed by atoms with Crippen LogP contribution in [0.5, 0.6) is 0 Å². The van der Waals surface area contributed by atoms with Crippen LogP contribution >= 0.6 is 0 Å². The van der Waals surface area contributed by atoms with Gasteiger partial charge in [0.15, 0.2) is 0 Å². The van der Waals surface area contributed by atoms with Crippen LogP contribution in [0.15, 0.2) is 0 Å². The number of hydrogen-bond acceptors (Lipinski definition) is 4. The molecule has 3 rings (SSSR count). The second-order valence-electron chi connectivity index (χ2n) is 6.26. The Morgan fingerprint density at radius 2 is 2.05 bits per heavy atom. The van der Waals surface area contributed by atoms with E-state index in [-0.39, 0.29) is 5.91 Å². The van der Waals surface area contributed by atoms with Gasteiger partial charge in [-0.05, 0) is 26.2 Å². The third-order valence-corrected chi connectivity index (χ3v) is 4.43. The summed E-state index contributed by atoms with van der Waals surface area (Å²) >= 11 is 0. The van der Waals surface area contributed by atoms with E-state index in [1.54, 1.807) is 0 Å². The largest absolute Gasteiger partial charge is 0.347 e. The highest BCUT2D eigenvalue weighted by Crippen LogP contribution is 2.26. The summed E-state index contributed by atoms with van der Waals surface area (Å²) in [6.45, 7) is 5.10. The fourth-order valence-corrected chi connectivity index (χ4v) is 2.99. The van der Waals surface area contributed by atoms with Gasteiger partial charge in [0.25, 0.3) is 0 Å². The number of aromatic nitrogens is 2. The molecule has 1 amide bonds. The zero-order valence-corrected chi connectivity index (χ0v) is 13.2. The van der Waals surface area contributed by atoms with Crippen molar-refractivity contribution >= 4 is 11.7 Å². The highest BCUT2D eigenvalue weighted by Gasteiger charge is 2.26. The number of nitrogens with zero attached hydrogens (tertiary/aromatic N) is 4. The summed E-state index contributed by atoms with van der Waals surface area (Å²) in [5.74, 6) is 1.29. The van der Waals surface area contributed by atoms with Gasteiger partial charge in [-0.15, -0.1) is 0 Å². The number of aryl methyl sites for hydroxylation is 2. The average molecular weight is 291 g/mol. The molecule has 1 aromatic rings. The van der Waals surface area contributed by atoms with Crippen LogP contribution < -0.4 is 10.2 Å². The maximum absolute atomic E-state index is 12.1. The molecule has 1 saturated carbocycles. The van der Waals surface area contributed by atoms with E-state index >= 15 is 0 Å². The van der Waals surface area contributed by atoms with E-state index in [0.29, 0.717) is 12.6 Å². The molecule has 1 aliphatic heterocycles. The number of carbonyl (C=O) groups is 1. The number of anilines is 1. The average Bonchev–Trinajstić information content (AvgIpc) is 3.22. The topological polar surface area (TPSA) is 53.4 Å². The molecule has 21 heavy (non-hydrogen) atoms. The maximum atomic E-state index is 12.1. The molecule has 1 N–H and O–H groups in total. The molecule has 1 aromatic heterocycles. The highest BCUT2D eigenvalue weighted by molar-refractivity contribution is 5.81. The van der Waals surface area contributed by atoms with E-state index in [1.807, 2.05) is 23.7 Å². The minimum atomic E-state index is 0.187. The van der Waals surface area contributed by atoms with Gasteiger partial charge in [-0.1, -0.05) is 0 Å². The summed E-state index contributed by atoms with van der Waals surface area (Å²) in [4.78, 5) is 16.2. The molecule has 0 unspecified atom stereocenters. The van der Waals surface area contributed by atoms with Crippen LogP contribution in [-0.4, -0.2) is 53.3 Å². The van der Waals surface area contributed by atoms with Crippen LogP contribution in [0.2, 0.25) is 0 Å². The van der Waals surface area contributed by atoms with Crippen LogP contribution in [0, 0.1) is 6.92 Å². The Morgan fingerprint density at radius 1 is 1.29 bits per heavy atom. The first kappa shape index (κ1) is 14.4. The van der Waals surface area contributed by atoms with Gasteiger partial charge in [0.1, 0.15) is 5.82 Å². The SMILES string of the molecule is Cc1nn(C)c(N2CCCN(C)C(=O)C2)c1CNC1CC1. The van der Waals surface area contributed by atoms with Crippen LogP contribution in [0.3, 0.4) is 0 Å². The summed E-state index contributed by atoms with van der Waals surface area (Å²) in [7, 11) is 3.86. The number of amides is 1. The van der Waals surface area contributed by atoms with Crippen molar-refractivity contribution in [3.8, 4) is 0 Å². The molecule has 2 fully saturated rings. The third-order valence-electron chi connectivity index (χ3n) is 4.43. The van der Waals surface area contributed by atoms with Gasteiger partial charge in [0.05, 0.1) is 12.2 Å². The lowest BCUT2D eigenvalue weighted by Crippen LogP contribution is -2.36. The molecule has 0 radical (unpaired) electrons. The smallest absolute Gasteiger partial charge is 0.241 e. The normalized spacial score (nSPS) is 20.0. The van der Waals surface area contributed by atoms with Crippen molar-refractivity contribution in [1.29, 1.82) is 0 Å². The molecule has 6 nitrogen and oxygen atoms in total. The van der Waals surface area contributed by atoms with Crippen LogP contribution in [-0.2, 0) is 18.4 Å². The molecule has 2 heterocycles. The molecular formula is C15H25N5O. The number of nitrogens with one attached hydrogen (secondary N) is 1. The van der Waals surface area contributed by atoms with Crippen LogP contribution in [0.4, 0.5) is 5.82 Å². The van der Waals surface area contributed by atoms with Gasteiger partial charge in [-0.2, -0.15) is 5.10 Å². The van der Waals surface area contributed by atoms with E-state index in [0.717, 1.165) is 37.6 Å². The van der Waals surface area contributed by atoms with Gasteiger partial charge in [0.2, 0.25) is 5.91 Å². The van der Waals surface area contributed by atoms with E-state index in [9.17, 15) is 4.79 Å². The minimum absolute atomic E-state index is 0.187. The van der Waals surface area contributed by atoms with E-state index in [4.69, 9.17) is 0 Å². The molecule has 0 atom stereocenters. The van der Waals surface area contributed by atoms with Crippen LogP contribution in [0.1, 0.15) is 30.5 Å². The predicted octanol–water partition coefficient (Wildman–Crippen LogP) is 0.649. The summed E-state index contributed by atoms with van der Waals surface area (Å²) in [6, 6.07) is 0.675. The third kappa shape index (κ3) is 3.05. The Kier molecular flexibility index (Phi) is 3.89. The zero-order chi connectivity index (χ0) is 15.0. The molecule has 0 aromatic carbocycles. The first-order valence-electron chi connectivity index (χ1n) is 7.81. The summed E-state index contributed by atoms with van der Waals surface area (Å²) < 4.78 is 1.93. The predicted molar refractivity (Wildman–Crippen MR) is 82.3 cm³/mol. The van der Waals surface area contributed by atoms with Gasteiger partial charge >= 0.3 is 0 Å². The second kappa shape index (κ2) is 5.67. The monoisotopic (exact) mass is 291 g/mol. The Hall–Kier alpha value is -1.56. The maximum Gasteiger partial charge on any atom is 0.241 e.